The second-order valence-corrected chi connectivity index (χ2v) is 5.07. The van der Waals surface area contributed by atoms with Crippen LogP contribution in [0.4, 0.5) is 0 Å². The van der Waals surface area contributed by atoms with Gasteiger partial charge in [-0.15, -0.1) is 5.10 Å². The molecule has 0 aliphatic heterocycles. The molecule has 8 heteroatoms. The first-order valence-corrected chi connectivity index (χ1v) is 7.41. The second-order valence-electron chi connectivity index (χ2n) is 5.07. The molecular weight excluding hydrogens is 308 g/mol. The van der Waals surface area contributed by atoms with Crippen molar-refractivity contribution >= 4 is 5.91 Å². The predicted octanol–water partition coefficient (Wildman–Crippen LogP) is 0.469. The van der Waals surface area contributed by atoms with Gasteiger partial charge < -0.3 is 5.32 Å². The van der Waals surface area contributed by atoms with Gasteiger partial charge in [0.25, 0.3) is 5.91 Å². The van der Waals surface area contributed by atoms with Gasteiger partial charge in [-0.3, -0.25) is 19.3 Å². The minimum atomic E-state index is -0.287. The lowest BCUT2D eigenvalue weighted by molar-refractivity contribution is 0.0947. The highest BCUT2D eigenvalue weighted by Crippen LogP contribution is 2.10. The molecule has 0 unspecified atom stereocenters. The zero-order valence-corrected chi connectivity index (χ0v) is 13.1. The molecule has 0 radical (unpaired) electrons. The maximum Gasteiger partial charge on any atom is 0.346 e. The number of nitrogens with one attached hydrogen (secondary N) is 1. The molecule has 122 valence electrons. The summed E-state index contributed by atoms with van der Waals surface area (Å²) in [6.45, 7) is 0.534. The Labute approximate surface area is 137 Å². The molecule has 0 spiro atoms. The van der Waals surface area contributed by atoms with Crippen molar-refractivity contribution < 1.29 is 4.79 Å². The molecular formula is C16H16N6O2. The molecule has 1 N–H and O–H groups in total. The molecule has 3 rings (SSSR count). The van der Waals surface area contributed by atoms with Gasteiger partial charge in [0.1, 0.15) is 11.4 Å². The molecule has 3 heterocycles. The van der Waals surface area contributed by atoms with Crippen molar-refractivity contribution in [3.05, 3.63) is 65.0 Å². The minimum absolute atomic E-state index is 0.261. The van der Waals surface area contributed by atoms with E-state index in [0.29, 0.717) is 17.2 Å². The lowest BCUT2D eigenvalue weighted by Gasteiger charge is -2.03. The number of carbonyl (C=O) groups excluding carboxylic acids is 1. The molecule has 0 aliphatic carbocycles. The van der Waals surface area contributed by atoms with E-state index in [2.05, 4.69) is 20.4 Å². The molecule has 24 heavy (non-hydrogen) atoms. The van der Waals surface area contributed by atoms with Crippen molar-refractivity contribution in [2.45, 2.75) is 6.54 Å². The van der Waals surface area contributed by atoms with E-state index in [0.717, 1.165) is 0 Å². The summed E-state index contributed by atoms with van der Waals surface area (Å²) in [4.78, 5) is 32.3. The Kier molecular flexibility index (Phi) is 4.46. The third-order valence-corrected chi connectivity index (χ3v) is 3.44. The Bertz CT molecular complexity index is 886. The molecule has 0 saturated heterocycles. The van der Waals surface area contributed by atoms with Crippen molar-refractivity contribution in [2.75, 3.05) is 6.54 Å². The molecule has 0 saturated carbocycles. The van der Waals surface area contributed by atoms with Crippen LogP contribution < -0.4 is 11.0 Å². The van der Waals surface area contributed by atoms with Crippen LogP contribution in [-0.4, -0.2) is 36.8 Å². The quantitative estimate of drug-likeness (QED) is 0.736. The first kappa shape index (κ1) is 15.6. The first-order valence-electron chi connectivity index (χ1n) is 7.41. The summed E-state index contributed by atoms with van der Waals surface area (Å²) < 4.78 is 2.74. The van der Waals surface area contributed by atoms with E-state index in [9.17, 15) is 9.59 Å². The summed E-state index contributed by atoms with van der Waals surface area (Å²) in [5, 5.41) is 7.00. The summed E-state index contributed by atoms with van der Waals surface area (Å²) in [6.07, 6.45) is 3.20. The highest BCUT2D eigenvalue weighted by atomic mass is 16.2. The maximum atomic E-state index is 12.2. The number of rotatable bonds is 5. The third-order valence-electron chi connectivity index (χ3n) is 3.44. The number of pyridine rings is 2. The van der Waals surface area contributed by atoms with Crippen LogP contribution in [0.2, 0.25) is 0 Å². The van der Waals surface area contributed by atoms with Gasteiger partial charge in [0.15, 0.2) is 5.82 Å². The Morgan fingerprint density at radius 3 is 2.54 bits per heavy atom. The normalized spacial score (nSPS) is 10.5. The molecule has 8 nitrogen and oxygen atoms in total. The van der Waals surface area contributed by atoms with Crippen molar-refractivity contribution in [1.29, 1.82) is 0 Å². The van der Waals surface area contributed by atoms with Gasteiger partial charge in [0.05, 0.1) is 6.54 Å². The van der Waals surface area contributed by atoms with Crippen molar-refractivity contribution in [2.24, 2.45) is 7.05 Å². The van der Waals surface area contributed by atoms with Crippen LogP contribution in [0.5, 0.6) is 0 Å². The predicted molar refractivity (Wildman–Crippen MR) is 87.3 cm³/mol. The lowest BCUT2D eigenvalue weighted by Crippen LogP contribution is -2.32. The van der Waals surface area contributed by atoms with E-state index in [1.165, 1.54) is 9.25 Å². The minimum Gasteiger partial charge on any atom is -0.349 e. The van der Waals surface area contributed by atoms with Crippen LogP contribution in [0.1, 0.15) is 10.5 Å². The van der Waals surface area contributed by atoms with Gasteiger partial charge in [0, 0.05) is 26.0 Å². The smallest absolute Gasteiger partial charge is 0.346 e. The van der Waals surface area contributed by atoms with Crippen LogP contribution in [-0.2, 0) is 13.6 Å². The largest absolute Gasteiger partial charge is 0.349 e. The Hall–Kier alpha value is -3.29. The summed E-state index contributed by atoms with van der Waals surface area (Å²) in [7, 11) is 1.64. The van der Waals surface area contributed by atoms with E-state index in [-0.39, 0.29) is 24.7 Å². The average molecular weight is 324 g/mol. The molecule has 3 aromatic heterocycles. The fourth-order valence-corrected chi connectivity index (χ4v) is 2.21. The van der Waals surface area contributed by atoms with Gasteiger partial charge in [-0.1, -0.05) is 12.1 Å². The molecule has 0 atom stereocenters. The first-order chi connectivity index (χ1) is 11.7. The molecule has 3 aromatic rings. The molecule has 0 aliphatic rings. The highest BCUT2D eigenvalue weighted by Gasteiger charge is 2.13. The zero-order chi connectivity index (χ0) is 16.9. The van der Waals surface area contributed by atoms with Gasteiger partial charge in [-0.25, -0.2) is 9.48 Å². The summed E-state index contributed by atoms with van der Waals surface area (Å²) in [5.41, 5.74) is 0.691. The molecule has 0 bridgehead atoms. The highest BCUT2D eigenvalue weighted by molar-refractivity contribution is 5.92. The van der Waals surface area contributed by atoms with Crippen molar-refractivity contribution in [3.8, 4) is 11.5 Å². The molecule has 0 aromatic carbocycles. The maximum absolute atomic E-state index is 12.2. The fraction of sp³-hybridized carbons (Fsp3) is 0.188. The van der Waals surface area contributed by atoms with Crippen LogP contribution in [0.3, 0.4) is 0 Å². The summed E-state index contributed by atoms with van der Waals surface area (Å²) in [6, 6.07) is 10.5. The molecule has 0 fully saturated rings. The third kappa shape index (κ3) is 3.22. The van der Waals surface area contributed by atoms with Gasteiger partial charge in [0.2, 0.25) is 0 Å². The average Bonchev–Trinajstić information content (AvgIpc) is 2.92. The van der Waals surface area contributed by atoms with Gasteiger partial charge >= 0.3 is 5.69 Å². The number of hydrogen-bond donors (Lipinski definition) is 1. The second kappa shape index (κ2) is 6.86. The van der Waals surface area contributed by atoms with E-state index in [4.69, 9.17) is 0 Å². The topological polar surface area (TPSA) is 94.7 Å². The standard InChI is InChI=1S/C16H16N6O2/c1-21-14(12-6-2-4-8-17-12)20-22(16(21)24)11-10-19-15(23)13-7-3-5-9-18-13/h2-9H,10-11H2,1H3,(H,19,23). The van der Waals surface area contributed by atoms with E-state index >= 15 is 0 Å². The number of aromatic nitrogens is 5. The van der Waals surface area contributed by atoms with Crippen LogP contribution in [0.15, 0.2) is 53.6 Å². The van der Waals surface area contributed by atoms with Gasteiger partial charge in [-0.2, -0.15) is 0 Å². The van der Waals surface area contributed by atoms with Crippen LogP contribution in [0, 0.1) is 0 Å². The summed E-state index contributed by atoms with van der Waals surface area (Å²) in [5.74, 6) is 0.196. The SMILES string of the molecule is Cn1c(-c2ccccn2)nn(CCNC(=O)c2ccccn2)c1=O. The number of carbonyl (C=O) groups is 1. The monoisotopic (exact) mass is 324 g/mol. The lowest BCUT2D eigenvalue weighted by atomic mass is 10.3. The number of hydrogen-bond acceptors (Lipinski definition) is 5. The van der Waals surface area contributed by atoms with E-state index < -0.39 is 0 Å². The van der Waals surface area contributed by atoms with E-state index in [1.807, 2.05) is 6.07 Å². The summed E-state index contributed by atoms with van der Waals surface area (Å²) >= 11 is 0. The van der Waals surface area contributed by atoms with E-state index in [1.54, 1.807) is 49.8 Å². The Morgan fingerprint density at radius 2 is 1.88 bits per heavy atom. The van der Waals surface area contributed by atoms with Crippen LogP contribution >= 0.6 is 0 Å². The number of amides is 1. The fourth-order valence-electron chi connectivity index (χ4n) is 2.21. The Balaban J connectivity index is 1.68. The van der Waals surface area contributed by atoms with Crippen molar-refractivity contribution in [1.82, 2.24) is 29.6 Å². The molecule has 1 amide bonds. The van der Waals surface area contributed by atoms with Crippen molar-refractivity contribution in [3.63, 3.8) is 0 Å². The number of nitrogens with zero attached hydrogens (tertiary/aromatic N) is 5. The zero-order valence-electron chi connectivity index (χ0n) is 13.1. The van der Waals surface area contributed by atoms with Crippen LogP contribution in [0.25, 0.3) is 11.5 Å². The van der Waals surface area contributed by atoms with Gasteiger partial charge in [-0.05, 0) is 24.3 Å². The Morgan fingerprint density at radius 1 is 1.12 bits per heavy atom.